The average molecular weight is 311 g/mol. The highest BCUT2D eigenvalue weighted by Crippen LogP contribution is 2.31. The van der Waals surface area contributed by atoms with Crippen LogP contribution in [-0.4, -0.2) is 37.5 Å². The molecule has 1 amide bonds. The van der Waals surface area contributed by atoms with Crippen molar-refractivity contribution in [1.29, 1.82) is 0 Å². The fourth-order valence-electron chi connectivity index (χ4n) is 2.21. The number of carbonyl (C=O) groups is 1. The summed E-state index contributed by atoms with van der Waals surface area (Å²) in [7, 11) is 3.27. The van der Waals surface area contributed by atoms with Gasteiger partial charge in [-0.2, -0.15) is 0 Å². The lowest BCUT2D eigenvalue weighted by Gasteiger charge is -2.04. The van der Waals surface area contributed by atoms with Crippen LogP contribution in [-0.2, 0) is 11.2 Å². The third-order valence-corrected chi connectivity index (χ3v) is 3.49. The van der Waals surface area contributed by atoms with Gasteiger partial charge in [-0.25, -0.2) is 0 Å². The van der Waals surface area contributed by atoms with E-state index in [1.165, 1.54) is 0 Å². The smallest absolute Gasteiger partial charge is 0.234 e. The van der Waals surface area contributed by atoms with Crippen molar-refractivity contribution >= 4 is 28.4 Å². The molecule has 0 aliphatic carbocycles. The van der Waals surface area contributed by atoms with Crippen LogP contribution in [0.25, 0.3) is 10.9 Å². The maximum Gasteiger partial charge on any atom is 0.234 e. The van der Waals surface area contributed by atoms with E-state index >= 15 is 0 Å². The Bertz CT molecular complexity index is 625. The number of hydrogen-bond donors (Lipinski definition) is 2. The minimum Gasteiger partial charge on any atom is -0.497 e. The largest absolute Gasteiger partial charge is 0.497 e. The van der Waals surface area contributed by atoms with Gasteiger partial charge in [-0.05, 0) is 18.9 Å². The lowest BCUT2D eigenvalue weighted by Crippen LogP contribution is -2.25. The number of aryl methyl sites for hydroxylation is 1. The molecular weight excluding hydrogens is 292 g/mol. The second-order valence-electron chi connectivity index (χ2n) is 4.67. The summed E-state index contributed by atoms with van der Waals surface area (Å²) in [6.07, 6.45) is 1.68. The number of alkyl halides is 1. The predicted octanol–water partition coefficient (Wildman–Crippen LogP) is 2.47. The Balaban J connectivity index is 2.06. The molecule has 0 saturated heterocycles. The minimum atomic E-state index is -0.139. The molecule has 1 heterocycles. The number of benzene rings is 1. The Hall–Kier alpha value is -1.88. The number of amides is 1. The second kappa shape index (κ2) is 7.22. The van der Waals surface area contributed by atoms with Crippen LogP contribution in [0.2, 0.25) is 0 Å². The van der Waals surface area contributed by atoms with Crippen LogP contribution in [0.3, 0.4) is 0 Å². The number of nitrogens with one attached hydrogen (secondary N) is 2. The van der Waals surface area contributed by atoms with Crippen LogP contribution in [0.15, 0.2) is 18.2 Å². The van der Waals surface area contributed by atoms with Gasteiger partial charge in [-0.1, -0.05) is 0 Å². The van der Waals surface area contributed by atoms with Crippen molar-refractivity contribution in [3.8, 4) is 11.5 Å². The molecule has 5 nitrogen and oxygen atoms in total. The Morgan fingerprint density at radius 2 is 2.10 bits per heavy atom. The highest BCUT2D eigenvalue weighted by Gasteiger charge is 2.09. The molecule has 114 valence electrons. The summed E-state index contributed by atoms with van der Waals surface area (Å²) in [6, 6.07) is 5.87. The fourth-order valence-corrected chi connectivity index (χ4v) is 2.31. The quantitative estimate of drug-likeness (QED) is 0.610. The van der Waals surface area contributed by atoms with E-state index in [0.717, 1.165) is 40.9 Å². The molecule has 2 rings (SSSR count). The van der Waals surface area contributed by atoms with Crippen molar-refractivity contribution in [2.24, 2.45) is 0 Å². The molecule has 1 aromatic heterocycles. The maximum atomic E-state index is 11.0. The van der Waals surface area contributed by atoms with E-state index in [1.54, 1.807) is 14.2 Å². The van der Waals surface area contributed by atoms with Gasteiger partial charge in [0, 0.05) is 29.8 Å². The van der Waals surface area contributed by atoms with Crippen molar-refractivity contribution in [2.75, 3.05) is 26.6 Å². The molecule has 6 heteroatoms. The zero-order chi connectivity index (χ0) is 15.2. The number of rotatable bonds is 7. The van der Waals surface area contributed by atoms with Crippen molar-refractivity contribution in [3.05, 3.63) is 23.9 Å². The summed E-state index contributed by atoms with van der Waals surface area (Å²) in [5.41, 5.74) is 2.07. The molecule has 0 fully saturated rings. The Kier molecular flexibility index (Phi) is 5.33. The second-order valence-corrected chi connectivity index (χ2v) is 4.94. The average Bonchev–Trinajstić information content (AvgIpc) is 2.92. The number of fused-ring (bicyclic) bond motifs is 1. The Morgan fingerprint density at radius 1 is 1.29 bits per heavy atom. The van der Waals surface area contributed by atoms with Gasteiger partial charge < -0.3 is 19.8 Å². The molecule has 0 bridgehead atoms. The summed E-state index contributed by atoms with van der Waals surface area (Å²) in [4.78, 5) is 14.4. The zero-order valence-electron chi connectivity index (χ0n) is 12.2. The molecule has 0 unspecified atom stereocenters. The van der Waals surface area contributed by atoms with Crippen LogP contribution < -0.4 is 14.8 Å². The first-order valence-electron chi connectivity index (χ1n) is 6.74. The molecular formula is C15H19ClN2O3. The molecule has 1 aromatic carbocycles. The fraction of sp³-hybridized carbons (Fsp3) is 0.400. The normalized spacial score (nSPS) is 10.6. The molecule has 21 heavy (non-hydrogen) atoms. The number of ether oxygens (including phenoxy) is 2. The number of hydrogen-bond acceptors (Lipinski definition) is 3. The summed E-state index contributed by atoms with van der Waals surface area (Å²) in [5, 5.41) is 3.77. The maximum absolute atomic E-state index is 11.0. The Morgan fingerprint density at radius 3 is 2.76 bits per heavy atom. The van der Waals surface area contributed by atoms with Gasteiger partial charge in [0.1, 0.15) is 17.4 Å². The summed E-state index contributed by atoms with van der Waals surface area (Å²) < 4.78 is 10.6. The lowest BCUT2D eigenvalue weighted by molar-refractivity contribution is -0.118. The molecule has 0 radical (unpaired) electrons. The molecule has 0 atom stereocenters. The summed E-state index contributed by atoms with van der Waals surface area (Å²) in [5.74, 6) is 1.40. The number of halogens is 1. The van der Waals surface area contributed by atoms with Crippen molar-refractivity contribution in [2.45, 2.75) is 12.8 Å². The van der Waals surface area contributed by atoms with Gasteiger partial charge in [0.05, 0.1) is 19.7 Å². The van der Waals surface area contributed by atoms with Crippen LogP contribution in [0.4, 0.5) is 0 Å². The van der Waals surface area contributed by atoms with Gasteiger partial charge >= 0.3 is 0 Å². The zero-order valence-corrected chi connectivity index (χ0v) is 12.9. The molecule has 2 aromatic rings. The van der Waals surface area contributed by atoms with Crippen LogP contribution in [0.1, 0.15) is 12.1 Å². The SMILES string of the molecule is COc1cc(OC)c2cc(CCCNC(=O)CCl)[nH]c2c1. The van der Waals surface area contributed by atoms with Crippen LogP contribution >= 0.6 is 11.6 Å². The van der Waals surface area contributed by atoms with E-state index in [2.05, 4.69) is 16.4 Å². The van der Waals surface area contributed by atoms with Crippen molar-refractivity contribution in [3.63, 3.8) is 0 Å². The first-order chi connectivity index (χ1) is 10.2. The summed E-state index contributed by atoms with van der Waals surface area (Å²) in [6.45, 7) is 0.612. The molecule has 2 N–H and O–H groups in total. The number of aromatic nitrogens is 1. The first kappa shape index (κ1) is 15.5. The van der Waals surface area contributed by atoms with E-state index in [1.807, 2.05) is 12.1 Å². The molecule has 0 saturated carbocycles. The number of H-pyrrole nitrogens is 1. The molecule has 0 spiro atoms. The number of carbonyl (C=O) groups excluding carboxylic acids is 1. The van der Waals surface area contributed by atoms with Crippen molar-refractivity contribution < 1.29 is 14.3 Å². The van der Waals surface area contributed by atoms with Crippen LogP contribution in [0.5, 0.6) is 11.5 Å². The minimum absolute atomic E-state index is 0.00335. The molecule has 0 aliphatic rings. The highest BCUT2D eigenvalue weighted by atomic mass is 35.5. The lowest BCUT2D eigenvalue weighted by atomic mass is 10.2. The topological polar surface area (TPSA) is 63.4 Å². The molecule has 0 aliphatic heterocycles. The van der Waals surface area contributed by atoms with Gasteiger partial charge in [0.25, 0.3) is 0 Å². The van der Waals surface area contributed by atoms with Gasteiger partial charge in [0.2, 0.25) is 5.91 Å². The van der Waals surface area contributed by atoms with E-state index in [9.17, 15) is 4.79 Å². The predicted molar refractivity (Wildman–Crippen MR) is 83.5 cm³/mol. The summed E-state index contributed by atoms with van der Waals surface area (Å²) >= 11 is 5.42. The first-order valence-corrected chi connectivity index (χ1v) is 7.27. The monoisotopic (exact) mass is 310 g/mol. The van der Waals surface area contributed by atoms with E-state index in [4.69, 9.17) is 21.1 Å². The van der Waals surface area contributed by atoms with Gasteiger partial charge in [-0.15, -0.1) is 11.6 Å². The highest BCUT2D eigenvalue weighted by molar-refractivity contribution is 6.27. The number of aromatic amines is 1. The van der Waals surface area contributed by atoms with Crippen molar-refractivity contribution in [1.82, 2.24) is 10.3 Å². The van der Waals surface area contributed by atoms with E-state index < -0.39 is 0 Å². The third kappa shape index (κ3) is 3.82. The standard InChI is InChI=1S/C15H19ClN2O3/c1-20-11-7-13-12(14(8-11)21-2)6-10(18-13)4-3-5-17-15(19)9-16/h6-8,18H,3-5,9H2,1-2H3,(H,17,19). The van der Waals surface area contributed by atoms with E-state index in [-0.39, 0.29) is 11.8 Å². The Labute approximate surface area is 128 Å². The van der Waals surface area contributed by atoms with E-state index in [0.29, 0.717) is 6.54 Å². The third-order valence-electron chi connectivity index (χ3n) is 3.25. The number of methoxy groups -OCH3 is 2. The van der Waals surface area contributed by atoms with Gasteiger partial charge in [-0.3, -0.25) is 4.79 Å². The van der Waals surface area contributed by atoms with Gasteiger partial charge in [0.15, 0.2) is 0 Å². The van der Waals surface area contributed by atoms with Crippen LogP contribution in [0, 0.1) is 0 Å².